The van der Waals surface area contributed by atoms with E-state index in [0.717, 1.165) is 27.8 Å². The zero-order valence-electron chi connectivity index (χ0n) is 15.0. The molecule has 0 spiro atoms. The number of nitrogens with zero attached hydrogens (tertiary/aromatic N) is 2. The fourth-order valence-corrected chi connectivity index (χ4v) is 5.50. The third kappa shape index (κ3) is 3.50. The molecule has 142 valence electrons. The third-order valence-electron chi connectivity index (χ3n) is 5.40. The van der Waals surface area contributed by atoms with Crippen molar-refractivity contribution in [2.24, 2.45) is 0 Å². The van der Waals surface area contributed by atoms with Crippen LogP contribution >= 0.6 is 27.3 Å². The Morgan fingerprint density at radius 3 is 2.52 bits per heavy atom. The van der Waals surface area contributed by atoms with E-state index < -0.39 is 0 Å². The standard InChI is InChI=1S/C20H21BrN2O3S/c1-13-17(14-5-3-2-4-6-14)26-20(25)23(13)15-7-10-22(11-8-15)19(24)18-16(21)9-12-27-18/h2-6,9,12-13,15,17H,7-8,10-11H2,1H3. The molecule has 27 heavy (non-hydrogen) atoms. The van der Waals surface area contributed by atoms with E-state index in [9.17, 15) is 9.59 Å². The number of ether oxygens (including phenoxy) is 1. The van der Waals surface area contributed by atoms with Crippen molar-refractivity contribution < 1.29 is 14.3 Å². The summed E-state index contributed by atoms with van der Waals surface area (Å²) in [7, 11) is 0. The molecule has 4 rings (SSSR count). The molecule has 2 aromatic rings. The van der Waals surface area contributed by atoms with Crippen molar-refractivity contribution in [3.63, 3.8) is 0 Å². The molecule has 2 atom stereocenters. The second-order valence-corrected chi connectivity index (χ2v) is 8.75. The van der Waals surface area contributed by atoms with E-state index >= 15 is 0 Å². The second-order valence-electron chi connectivity index (χ2n) is 6.98. The van der Waals surface area contributed by atoms with Gasteiger partial charge in [0.1, 0.15) is 11.0 Å². The number of cyclic esters (lactones) is 1. The molecule has 0 saturated carbocycles. The minimum Gasteiger partial charge on any atom is -0.439 e. The Morgan fingerprint density at radius 1 is 1.19 bits per heavy atom. The van der Waals surface area contributed by atoms with Gasteiger partial charge in [0.2, 0.25) is 0 Å². The number of likely N-dealkylation sites (tertiary alicyclic amines) is 1. The van der Waals surface area contributed by atoms with Crippen molar-refractivity contribution in [2.45, 2.75) is 38.0 Å². The maximum absolute atomic E-state index is 12.7. The first-order valence-electron chi connectivity index (χ1n) is 9.12. The SMILES string of the molecule is CC1C(c2ccccc2)OC(=O)N1C1CCN(C(=O)c2sccc2Br)CC1. The second kappa shape index (κ2) is 7.64. The van der Waals surface area contributed by atoms with Gasteiger partial charge in [-0.2, -0.15) is 0 Å². The smallest absolute Gasteiger partial charge is 0.411 e. The Hall–Kier alpha value is -1.86. The summed E-state index contributed by atoms with van der Waals surface area (Å²) in [5, 5.41) is 1.91. The van der Waals surface area contributed by atoms with Crippen LogP contribution in [0.4, 0.5) is 4.79 Å². The van der Waals surface area contributed by atoms with Crippen molar-refractivity contribution in [1.29, 1.82) is 0 Å². The van der Waals surface area contributed by atoms with Crippen LogP contribution < -0.4 is 0 Å². The molecule has 1 aromatic heterocycles. The van der Waals surface area contributed by atoms with E-state index in [1.54, 1.807) is 0 Å². The summed E-state index contributed by atoms with van der Waals surface area (Å²) in [4.78, 5) is 29.7. The van der Waals surface area contributed by atoms with Gasteiger partial charge in [0.15, 0.2) is 0 Å². The van der Waals surface area contributed by atoms with Crippen LogP contribution in [0.3, 0.4) is 0 Å². The molecular formula is C20H21BrN2O3S. The average Bonchev–Trinajstić information content (AvgIpc) is 3.25. The van der Waals surface area contributed by atoms with E-state index in [1.807, 2.05) is 58.5 Å². The van der Waals surface area contributed by atoms with Gasteiger partial charge >= 0.3 is 6.09 Å². The average molecular weight is 449 g/mol. The van der Waals surface area contributed by atoms with E-state index in [0.29, 0.717) is 13.1 Å². The fourth-order valence-electron chi connectivity index (χ4n) is 3.99. The fraction of sp³-hybridized carbons (Fsp3) is 0.400. The molecule has 0 aliphatic carbocycles. The van der Waals surface area contributed by atoms with Crippen molar-refractivity contribution in [3.05, 3.63) is 56.7 Å². The van der Waals surface area contributed by atoms with Gasteiger partial charge in [-0.3, -0.25) is 9.69 Å². The molecule has 2 aliphatic rings. The third-order valence-corrected chi connectivity index (χ3v) is 7.23. The molecule has 2 amide bonds. The lowest BCUT2D eigenvalue weighted by atomic mass is 9.98. The Balaban J connectivity index is 1.41. The van der Waals surface area contributed by atoms with Gasteiger partial charge in [-0.05, 0) is 52.7 Å². The molecule has 0 bridgehead atoms. The molecule has 7 heteroatoms. The van der Waals surface area contributed by atoms with E-state index in [4.69, 9.17) is 4.74 Å². The topological polar surface area (TPSA) is 49.9 Å². The van der Waals surface area contributed by atoms with Gasteiger partial charge in [-0.1, -0.05) is 30.3 Å². The van der Waals surface area contributed by atoms with Crippen LogP contribution in [-0.4, -0.2) is 47.0 Å². The van der Waals surface area contributed by atoms with Gasteiger partial charge in [0, 0.05) is 23.6 Å². The number of piperidine rings is 1. The van der Waals surface area contributed by atoms with Gasteiger partial charge in [0.25, 0.3) is 5.91 Å². The zero-order valence-corrected chi connectivity index (χ0v) is 17.4. The maximum atomic E-state index is 12.7. The Kier molecular flexibility index (Phi) is 5.23. The number of carbonyl (C=O) groups excluding carboxylic acids is 2. The van der Waals surface area contributed by atoms with Crippen LogP contribution in [-0.2, 0) is 4.74 Å². The van der Waals surface area contributed by atoms with Gasteiger partial charge in [-0.25, -0.2) is 4.79 Å². The highest BCUT2D eigenvalue weighted by Gasteiger charge is 2.44. The number of hydrogen-bond acceptors (Lipinski definition) is 4. The Morgan fingerprint density at radius 2 is 1.89 bits per heavy atom. The Bertz CT molecular complexity index is 833. The normalized spacial score (nSPS) is 23.6. The summed E-state index contributed by atoms with van der Waals surface area (Å²) in [5.74, 6) is 0.0644. The summed E-state index contributed by atoms with van der Waals surface area (Å²) < 4.78 is 6.53. The highest BCUT2D eigenvalue weighted by molar-refractivity contribution is 9.10. The molecule has 2 unspecified atom stereocenters. The summed E-state index contributed by atoms with van der Waals surface area (Å²) in [6.07, 6.45) is 1.06. The minimum atomic E-state index is -0.248. The summed E-state index contributed by atoms with van der Waals surface area (Å²) in [5.41, 5.74) is 1.02. The highest BCUT2D eigenvalue weighted by Crippen LogP contribution is 2.36. The predicted molar refractivity (Wildman–Crippen MR) is 108 cm³/mol. The first-order chi connectivity index (χ1) is 13.1. The van der Waals surface area contributed by atoms with Crippen LogP contribution in [0.1, 0.15) is 41.1 Å². The monoisotopic (exact) mass is 448 g/mol. The van der Waals surface area contributed by atoms with E-state index in [-0.39, 0.29) is 30.2 Å². The summed E-state index contributed by atoms with van der Waals surface area (Å²) >= 11 is 4.89. The van der Waals surface area contributed by atoms with Gasteiger partial charge < -0.3 is 9.64 Å². The molecule has 2 aliphatic heterocycles. The number of amides is 2. The van der Waals surface area contributed by atoms with Crippen molar-refractivity contribution in [3.8, 4) is 0 Å². The number of thiophene rings is 1. The number of halogens is 1. The number of benzene rings is 1. The maximum Gasteiger partial charge on any atom is 0.411 e. The lowest BCUT2D eigenvalue weighted by Crippen LogP contribution is -2.49. The van der Waals surface area contributed by atoms with Crippen LogP contribution in [0.15, 0.2) is 46.3 Å². The molecule has 0 N–H and O–H groups in total. The number of hydrogen-bond donors (Lipinski definition) is 0. The number of carbonyl (C=O) groups is 2. The molecule has 0 radical (unpaired) electrons. The predicted octanol–water partition coefficient (Wildman–Crippen LogP) is 4.70. The van der Waals surface area contributed by atoms with Gasteiger partial charge in [0.05, 0.1) is 6.04 Å². The van der Waals surface area contributed by atoms with E-state index in [2.05, 4.69) is 15.9 Å². The zero-order chi connectivity index (χ0) is 19.0. The van der Waals surface area contributed by atoms with Crippen molar-refractivity contribution in [1.82, 2.24) is 9.80 Å². The molecule has 1 aromatic carbocycles. The highest BCUT2D eigenvalue weighted by atomic mass is 79.9. The van der Waals surface area contributed by atoms with E-state index in [1.165, 1.54) is 11.3 Å². The van der Waals surface area contributed by atoms with Crippen molar-refractivity contribution in [2.75, 3.05) is 13.1 Å². The van der Waals surface area contributed by atoms with Crippen molar-refractivity contribution >= 4 is 39.3 Å². The summed E-state index contributed by atoms with van der Waals surface area (Å²) in [6, 6.07) is 11.9. The first-order valence-corrected chi connectivity index (χ1v) is 10.8. The molecule has 2 fully saturated rings. The number of rotatable bonds is 3. The Labute approximate surface area is 171 Å². The lowest BCUT2D eigenvalue weighted by Gasteiger charge is -2.37. The minimum absolute atomic E-state index is 0.0152. The quantitative estimate of drug-likeness (QED) is 0.683. The first kappa shape index (κ1) is 18.5. The molecule has 5 nitrogen and oxygen atoms in total. The summed E-state index contributed by atoms with van der Waals surface area (Å²) in [6.45, 7) is 3.35. The lowest BCUT2D eigenvalue weighted by molar-refractivity contribution is 0.0644. The largest absolute Gasteiger partial charge is 0.439 e. The van der Waals surface area contributed by atoms with Crippen LogP contribution in [0.2, 0.25) is 0 Å². The molecule has 2 saturated heterocycles. The van der Waals surface area contributed by atoms with Crippen LogP contribution in [0, 0.1) is 0 Å². The molecular weight excluding hydrogens is 428 g/mol. The van der Waals surface area contributed by atoms with Crippen LogP contribution in [0.25, 0.3) is 0 Å². The van der Waals surface area contributed by atoms with Crippen LogP contribution in [0.5, 0.6) is 0 Å². The molecule has 3 heterocycles. The van der Waals surface area contributed by atoms with Gasteiger partial charge in [-0.15, -0.1) is 11.3 Å².